The summed E-state index contributed by atoms with van der Waals surface area (Å²) < 4.78 is 38.3. The summed E-state index contributed by atoms with van der Waals surface area (Å²) in [6.07, 6.45) is -4.56. The van der Waals surface area contributed by atoms with Crippen LogP contribution in [0.2, 0.25) is 5.02 Å². The highest BCUT2D eigenvalue weighted by atomic mass is 35.5. The maximum atomic E-state index is 12.8. The molecule has 1 amide bonds. The smallest absolute Gasteiger partial charge is 0.336 e. The average Bonchev–Trinajstić information content (AvgIpc) is 2.37. The molecule has 2 rings (SSSR count). The van der Waals surface area contributed by atoms with E-state index in [1.807, 2.05) is 7.05 Å². The molecule has 0 aromatic heterocycles. The molecule has 0 unspecified atom stereocenters. The molecule has 20 heavy (non-hydrogen) atoms. The highest BCUT2D eigenvalue weighted by molar-refractivity contribution is 6.34. The van der Waals surface area contributed by atoms with Crippen molar-refractivity contribution < 1.29 is 18.0 Å². The molecule has 0 radical (unpaired) electrons. The summed E-state index contributed by atoms with van der Waals surface area (Å²) in [5, 5.41) is -0.524. The summed E-state index contributed by atoms with van der Waals surface area (Å²) in [7, 11) is 1.93. The van der Waals surface area contributed by atoms with Crippen LogP contribution < -0.4 is 0 Å². The Kier molecular flexibility index (Phi) is 4.25. The van der Waals surface area contributed by atoms with Crippen molar-refractivity contribution in [2.24, 2.45) is 0 Å². The quantitative estimate of drug-likeness (QED) is 0.796. The fourth-order valence-electron chi connectivity index (χ4n) is 2.10. The molecule has 1 aromatic rings. The van der Waals surface area contributed by atoms with E-state index in [0.717, 1.165) is 6.07 Å². The van der Waals surface area contributed by atoms with Crippen LogP contribution in [0.5, 0.6) is 0 Å². The second-order valence-electron chi connectivity index (χ2n) is 4.76. The van der Waals surface area contributed by atoms with Crippen molar-refractivity contribution in [3.05, 3.63) is 34.3 Å². The molecule has 1 saturated heterocycles. The molecule has 110 valence electrons. The number of alkyl halides is 3. The predicted molar refractivity (Wildman–Crippen MR) is 69.9 cm³/mol. The lowest BCUT2D eigenvalue weighted by atomic mass is 10.1. The van der Waals surface area contributed by atoms with Crippen molar-refractivity contribution in [3.8, 4) is 0 Å². The van der Waals surface area contributed by atoms with Crippen molar-refractivity contribution in [1.82, 2.24) is 9.80 Å². The minimum atomic E-state index is -4.56. The van der Waals surface area contributed by atoms with Crippen molar-refractivity contribution in [1.29, 1.82) is 0 Å². The lowest BCUT2D eigenvalue weighted by Gasteiger charge is -2.32. The van der Waals surface area contributed by atoms with Gasteiger partial charge in [-0.1, -0.05) is 17.7 Å². The summed E-state index contributed by atoms with van der Waals surface area (Å²) in [5.74, 6) is -0.450. The Morgan fingerprint density at radius 2 is 1.80 bits per heavy atom. The summed E-state index contributed by atoms with van der Waals surface area (Å²) in [4.78, 5) is 15.8. The summed E-state index contributed by atoms with van der Waals surface area (Å²) >= 11 is 5.76. The van der Waals surface area contributed by atoms with E-state index in [9.17, 15) is 18.0 Å². The van der Waals surface area contributed by atoms with Crippen molar-refractivity contribution in [2.45, 2.75) is 6.18 Å². The topological polar surface area (TPSA) is 23.6 Å². The normalized spacial score (nSPS) is 17.4. The van der Waals surface area contributed by atoms with Crippen LogP contribution in [0, 0.1) is 0 Å². The van der Waals surface area contributed by atoms with Crippen LogP contribution in [0.1, 0.15) is 15.9 Å². The molecule has 1 aliphatic rings. The van der Waals surface area contributed by atoms with Crippen LogP contribution in [-0.2, 0) is 6.18 Å². The molecule has 1 aromatic carbocycles. The first-order valence-electron chi connectivity index (χ1n) is 6.14. The number of hydrogen-bond acceptors (Lipinski definition) is 2. The highest BCUT2D eigenvalue weighted by Crippen LogP contribution is 2.36. The first kappa shape index (κ1) is 15.1. The van der Waals surface area contributed by atoms with E-state index < -0.39 is 22.7 Å². The number of nitrogens with zero attached hydrogens (tertiary/aromatic N) is 2. The van der Waals surface area contributed by atoms with Gasteiger partial charge in [-0.25, -0.2) is 0 Å². The zero-order valence-corrected chi connectivity index (χ0v) is 11.6. The highest BCUT2D eigenvalue weighted by Gasteiger charge is 2.35. The third kappa shape index (κ3) is 3.07. The predicted octanol–water partition coefficient (Wildman–Crippen LogP) is 2.75. The van der Waals surface area contributed by atoms with Gasteiger partial charge in [0.1, 0.15) is 0 Å². The molecular weight excluding hydrogens is 293 g/mol. The van der Waals surface area contributed by atoms with E-state index in [4.69, 9.17) is 11.6 Å². The molecule has 1 heterocycles. The number of amides is 1. The number of rotatable bonds is 1. The fraction of sp³-hybridized carbons (Fsp3) is 0.462. The monoisotopic (exact) mass is 306 g/mol. The lowest BCUT2D eigenvalue weighted by Crippen LogP contribution is -2.47. The van der Waals surface area contributed by atoms with E-state index in [-0.39, 0.29) is 5.56 Å². The number of carbonyl (C=O) groups is 1. The van der Waals surface area contributed by atoms with E-state index in [1.165, 1.54) is 17.0 Å². The number of piperazine rings is 1. The zero-order chi connectivity index (χ0) is 14.9. The van der Waals surface area contributed by atoms with E-state index >= 15 is 0 Å². The third-order valence-corrected chi connectivity index (χ3v) is 3.73. The molecule has 1 fully saturated rings. The number of halogens is 4. The first-order valence-corrected chi connectivity index (χ1v) is 6.52. The molecule has 0 spiro atoms. The van der Waals surface area contributed by atoms with Crippen LogP contribution in [0.25, 0.3) is 0 Å². The van der Waals surface area contributed by atoms with Crippen molar-refractivity contribution >= 4 is 17.5 Å². The van der Waals surface area contributed by atoms with Crippen molar-refractivity contribution in [2.75, 3.05) is 33.2 Å². The molecule has 1 aliphatic heterocycles. The molecular formula is C13H14ClF3N2O. The largest absolute Gasteiger partial charge is 0.417 e. The van der Waals surface area contributed by atoms with Gasteiger partial charge in [-0.2, -0.15) is 13.2 Å². The lowest BCUT2D eigenvalue weighted by molar-refractivity contribution is -0.137. The van der Waals surface area contributed by atoms with Gasteiger partial charge in [0.2, 0.25) is 0 Å². The number of hydrogen-bond donors (Lipinski definition) is 0. The van der Waals surface area contributed by atoms with Gasteiger partial charge in [-0.3, -0.25) is 4.79 Å². The molecule has 0 atom stereocenters. The van der Waals surface area contributed by atoms with Gasteiger partial charge >= 0.3 is 6.18 Å². The van der Waals surface area contributed by atoms with Gasteiger partial charge in [-0.15, -0.1) is 0 Å². The van der Waals surface area contributed by atoms with Crippen LogP contribution in [0.3, 0.4) is 0 Å². The Morgan fingerprint density at radius 1 is 1.20 bits per heavy atom. The van der Waals surface area contributed by atoms with Gasteiger partial charge < -0.3 is 9.80 Å². The van der Waals surface area contributed by atoms with Gasteiger partial charge in [0.25, 0.3) is 5.91 Å². The number of carbonyl (C=O) groups excluding carboxylic acids is 1. The van der Waals surface area contributed by atoms with Crippen LogP contribution in [0.15, 0.2) is 18.2 Å². The Bertz CT molecular complexity index is 511. The zero-order valence-electron chi connectivity index (χ0n) is 10.9. The Morgan fingerprint density at radius 3 is 2.35 bits per heavy atom. The molecule has 0 bridgehead atoms. The Hall–Kier alpha value is -1.27. The van der Waals surface area contributed by atoms with E-state index in [0.29, 0.717) is 26.2 Å². The minimum absolute atomic E-state index is 0.0916. The van der Waals surface area contributed by atoms with Crippen LogP contribution in [0.4, 0.5) is 13.2 Å². The summed E-state index contributed by atoms with van der Waals surface area (Å²) in [6, 6.07) is 3.42. The Balaban J connectivity index is 2.27. The SMILES string of the molecule is CN1CCN(C(=O)c2cccc(C(F)(F)F)c2Cl)CC1. The minimum Gasteiger partial charge on any atom is -0.336 e. The van der Waals surface area contributed by atoms with E-state index in [2.05, 4.69) is 4.90 Å². The maximum Gasteiger partial charge on any atom is 0.417 e. The van der Waals surface area contributed by atoms with Crippen LogP contribution in [-0.4, -0.2) is 48.9 Å². The summed E-state index contributed by atoms with van der Waals surface area (Å²) in [6.45, 7) is 2.37. The second kappa shape index (κ2) is 5.61. The van der Waals surface area contributed by atoms with Gasteiger partial charge in [0.15, 0.2) is 0 Å². The molecule has 0 N–H and O–H groups in total. The van der Waals surface area contributed by atoms with Gasteiger partial charge in [0.05, 0.1) is 16.1 Å². The third-order valence-electron chi connectivity index (χ3n) is 3.33. The number of likely N-dealkylation sites (N-methyl/N-ethyl adjacent to an activating group) is 1. The molecule has 0 aliphatic carbocycles. The summed E-state index contributed by atoms with van der Waals surface area (Å²) in [5.41, 5.74) is -1.06. The van der Waals surface area contributed by atoms with Crippen LogP contribution >= 0.6 is 11.6 Å². The second-order valence-corrected chi connectivity index (χ2v) is 5.14. The average molecular weight is 307 g/mol. The maximum absolute atomic E-state index is 12.8. The van der Waals surface area contributed by atoms with Gasteiger partial charge in [0, 0.05) is 26.2 Å². The molecule has 7 heteroatoms. The van der Waals surface area contributed by atoms with E-state index in [1.54, 1.807) is 0 Å². The van der Waals surface area contributed by atoms with Crippen molar-refractivity contribution in [3.63, 3.8) is 0 Å². The first-order chi connectivity index (χ1) is 9.30. The van der Waals surface area contributed by atoms with Gasteiger partial charge in [-0.05, 0) is 19.2 Å². The standard InChI is InChI=1S/C13H14ClF3N2O/c1-18-5-7-19(8-6-18)12(20)9-3-2-4-10(11(9)14)13(15,16)17/h2-4H,5-8H2,1H3. The molecule has 0 saturated carbocycles. The Labute approximate surface area is 119 Å². The number of benzene rings is 1. The fourth-order valence-corrected chi connectivity index (χ4v) is 2.41. The molecule has 3 nitrogen and oxygen atoms in total.